The van der Waals surface area contributed by atoms with Gasteiger partial charge in [-0.2, -0.15) is 0 Å². The normalized spacial score (nSPS) is 19.6. The van der Waals surface area contributed by atoms with Gasteiger partial charge in [0.2, 0.25) is 0 Å². The van der Waals surface area contributed by atoms with E-state index in [1.54, 1.807) is 30.2 Å². The lowest BCUT2D eigenvalue weighted by Gasteiger charge is -2.37. The molecule has 188 valence electrons. The highest BCUT2D eigenvalue weighted by Crippen LogP contribution is 2.54. The van der Waals surface area contributed by atoms with Crippen molar-refractivity contribution in [3.63, 3.8) is 0 Å². The van der Waals surface area contributed by atoms with Gasteiger partial charge in [-0.05, 0) is 92.6 Å². The summed E-state index contributed by atoms with van der Waals surface area (Å²) in [6.07, 6.45) is 4.02. The van der Waals surface area contributed by atoms with Crippen LogP contribution in [0, 0.1) is 25.2 Å². The molecule has 3 aromatic rings. The third-order valence-corrected chi connectivity index (χ3v) is 8.01. The average Bonchev–Trinajstić information content (AvgIpc) is 3.67. The number of aliphatic carboxylic acids is 1. The van der Waals surface area contributed by atoms with Gasteiger partial charge in [0, 0.05) is 24.8 Å². The largest absolute Gasteiger partial charge is 0.481 e. The van der Waals surface area contributed by atoms with Gasteiger partial charge < -0.3 is 19.7 Å². The fourth-order valence-electron chi connectivity index (χ4n) is 5.83. The first kappa shape index (κ1) is 24.1. The van der Waals surface area contributed by atoms with Gasteiger partial charge in [0.15, 0.2) is 6.10 Å². The third kappa shape index (κ3) is 4.16. The predicted molar refractivity (Wildman–Crippen MR) is 138 cm³/mol. The second-order valence-electron chi connectivity index (χ2n) is 10.4. The summed E-state index contributed by atoms with van der Waals surface area (Å²) in [5, 5.41) is 11.0. The Kier molecular flexibility index (Phi) is 6.10. The van der Waals surface area contributed by atoms with Gasteiger partial charge in [-0.3, -0.25) is 14.4 Å². The molecule has 7 heteroatoms. The molecule has 5 rings (SSSR count). The number of H-pyrrole nitrogens is 1. The molecule has 0 spiro atoms. The van der Waals surface area contributed by atoms with Crippen molar-refractivity contribution in [2.45, 2.75) is 52.6 Å². The van der Waals surface area contributed by atoms with Crippen molar-refractivity contribution >= 4 is 22.6 Å². The molecule has 2 fully saturated rings. The number of aromatic amines is 1. The fraction of sp³-hybridized carbons (Fsp3) is 0.414. The van der Waals surface area contributed by atoms with Crippen molar-refractivity contribution in [2.24, 2.45) is 11.3 Å². The zero-order valence-corrected chi connectivity index (χ0v) is 21.0. The van der Waals surface area contributed by atoms with Gasteiger partial charge in [-0.15, -0.1) is 0 Å². The molecule has 7 nitrogen and oxygen atoms in total. The molecule has 1 aliphatic heterocycles. The number of carboxylic acids is 1. The zero-order chi connectivity index (χ0) is 25.6. The summed E-state index contributed by atoms with van der Waals surface area (Å²) in [6, 6.07) is 11.5. The first-order valence-corrected chi connectivity index (χ1v) is 12.6. The lowest BCUT2D eigenvalue weighted by atomic mass is 9.82. The van der Waals surface area contributed by atoms with Crippen LogP contribution in [0.3, 0.4) is 0 Å². The van der Waals surface area contributed by atoms with E-state index in [0.717, 1.165) is 40.5 Å². The zero-order valence-electron chi connectivity index (χ0n) is 21.0. The Bertz CT molecular complexity index is 1380. The smallest absolute Gasteiger partial charge is 0.309 e. The molecular weight excluding hydrogens is 456 g/mol. The lowest BCUT2D eigenvalue weighted by molar-refractivity contribution is -0.149. The summed E-state index contributed by atoms with van der Waals surface area (Å²) >= 11 is 0. The molecule has 1 saturated carbocycles. The van der Waals surface area contributed by atoms with Gasteiger partial charge in [-0.1, -0.05) is 18.2 Å². The standard InChI is InChI=1S/C29H32N2O5/c1-17-6-4-7-18(2)25(17)24-15-30-26(32)23-14-21(9-10-22(23)24)36-19(3)27(33)31-13-5-8-20(16-31)29(11-12-29)28(34)35/h4,6-7,9-10,14-15,19-20H,5,8,11-13,16H2,1-3H3,(H,30,32)(H,34,35)/t19-,20+/m1/s1. The van der Waals surface area contributed by atoms with E-state index >= 15 is 0 Å². The molecule has 0 radical (unpaired) electrons. The number of benzene rings is 2. The minimum atomic E-state index is -0.748. The van der Waals surface area contributed by atoms with Crippen LogP contribution < -0.4 is 10.3 Å². The van der Waals surface area contributed by atoms with Crippen molar-refractivity contribution < 1.29 is 19.4 Å². The quantitative estimate of drug-likeness (QED) is 0.525. The minimum absolute atomic E-state index is 0.0116. The second kappa shape index (κ2) is 9.12. The molecule has 2 aromatic carbocycles. The molecule has 2 atom stereocenters. The first-order chi connectivity index (χ1) is 17.2. The number of ether oxygens (including phenoxy) is 1. The minimum Gasteiger partial charge on any atom is -0.481 e. The molecule has 0 unspecified atom stereocenters. The summed E-state index contributed by atoms with van der Waals surface area (Å²) in [4.78, 5) is 42.3. The number of rotatable bonds is 6. The number of carboxylic acid groups (broad SMARTS) is 1. The third-order valence-electron chi connectivity index (χ3n) is 8.01. The Labute approximate surface area is 210 Å². The summed E-state index contributed by atoms with van der Waals surface area (Å²) in [6.45, 7) is 6.87. The van der Waals surface area contributed by atoms with Crippen LogP contribution in [-0.4, -0.2) is 46.1 Å². The number of nitrogens with zero attached hydrogens (tertiary/aromatic N) is 1. The Balaban J connectivity index is 1.37. The average molecular weight is 489 g/mol. The summed E-state index contributed by atoms with van der Waals surface area (Å²) < 4.78 is 6.01. The Morgan fingerprint density at radius 3 is 2.53 bits per heavy atom. The number of aromatic nitrogens is 1. The Morgan fingerprint density at radius 2 is 1.86 bits per heavy atom. The molecule has 1 amide bonds. The lowest BCUT2D eigenvalue weighted by Crippen LogP contribution is -2.48. The highest BCUT2D eigenvalue weighted by molar-refractivity contribution is 5.97. The monoisotopic (exact) mass is 488 g/mol. The molecule has 2 aliphatic rings. The maximum atomic E-state index is 13.2. The van der Waals surface area contributed by atoms with Crippen LogP contribution in [0.5, 0.6) is 5.75 Å². The van der Waals surface area contributed by atoms with E-state index in [-0.39, 0.29) is 17.4 Å². The molecule has 1 saturated heterocycles. The number of carbonyl (C=O) groups excluding carboxylic acids is 1. The molecule has 2 N–H and O–H groups in total. The van der Waals surface area contributed by atoms with Crippen LogP contribution in [0.25, 0.3) is 21.9 Å². The maximum Gasteiger partial charge on any atom is 0.309 e. The number of hydrogen-bond donors (Lipinski definition) is 2. The van der Waals surface area contributed by atoms with Crippen LogP contribution in [0.2, 0.25) is 0 Å². The maximum absolute atomic E-state index is 13.2. The summed E-state index contributed by atoms with van der Waals surface area (Å²) in [7, 11) is 0. The van der Waals surface area contributed by atoms with E-state index < -0.39 is 17.5 Å². The van der Waals surface area contributed by atoms with Crippen molar-refractivity contribution in [3.05, 3.63) is 64.1 Å². The van der Waals surface area contributed by atoms with Gasteiger partial charge in [0.1, 0.15) is 5.75 Å². The number of carbonyl (C=O) groups is 2. The van der Waals surface area contributed by atoms with Crippen LogP contribution >= 0.6 is 0 Å². The van der Waals surface area contributed by atoms with Crippen LogP contribution in [0.1, 0.15) is 43.7 Å². The molecule has 0 bridgehead atoms. The van der Waals surface area contributed by atoms with Crippen molar-refractivity contribution in [3.8, 4) is 16.9 Å². The second-order valence-corrected chi connectivity index (χ2v) is 10.4. The highest BCUT2D eigenvalue weighted by Gasteiger charge is 2.56. The molecular formula is C29H32N2O5. The number of amides is 1. The SMILES string of the molecule is Cc1cccc(C)c1-c1c[nH]c(=O)c2cc(O[C@H](C)C(=O)N3CCC[C@H](C4(C(=O)O)CC4)C3)ccc12. The topological polar surface area (TPSA) is 99.7 Å². The number of fused-ring (bicyclic) bond motifs is 1. The first-order valence-electron chi connectivity index (χ1n) is 12.6. The number of pyridine rings is 1. The molecule has 36 heavy (non-hydrogen) atoms. The van der Waals surface area contributed by atoms with Crippen molar-refractivity contribution in [2.75, 3.05) is 13.1 Å². The molecule has 1 aromatic heterocycles. The van der Waals surface area contributed by atoms with Gasteiger partial charge in [0.05, 0.1) is 10.8 Å². The number of hydrogen-bond acceptors (Lipinski definition) is 4. The highest BCUT2D eigenvalue weighted by atomic mass is 16.5. The Hall–Kier alpha value is -3.61. The Morgan fingerprint density at radius 1 is 1.14 bits per heavy atom. The van der Waals surface area contributed by atoms with Crippen molar-refractivity contribution in [1.29, 1.82) is 0 Å². The van der Waals surface area contributed by atoms with Gasteiger partial charge in [-0.25, -0.2) is 0 Å². The van der Waals surface area contributed by atoms with E-state index in [2.05, 4.69) is 31.0 Å². The number of piperidine rings is 1. The van der Waals surface area contributed by atoms with E-state index in [1.165, 1.54) is 0 Å². The number of likely N-dealkylation sites (tertiary alicyclic amines) is 1. The van der Waals surface area contributed by atoms with Gasteiger partial charge >= 0.3 is 5.97 Å². The molecule has 2 heterocycles. The molecule has 1 aliphatic carbocycles. The van der Waals surface area contributed by atoms with Crippen LogP contribution in [0.4, 0.5) is 0 Å². The van der Waals surface area contributed by atoms with E-state index in [9.17, 15) is 19.5 Å². The van der Waals surface area contributed by atoms with E-state index in [4.69, 9.17) is 4.74 Å². The summed E-state index contributed by atoms with van der Waals surface area (Å²) in [5.41, 5.74) is 3.41. The number of aryl methyl sites for hydroxylation is 2. The van der Waals surface area contributed by atoms with Gasteiger partial charge in [0.25, 0.3) is 11.5 Å². The fourth-order valence-corrected chi connectivity index (χ4v) is 5.83. The van der Waals surface area contributed by atoms with Crippen LogP contribution in [-0.2, 0) is 9.59 Å². The van der Waals surface area contributed by atoms with Crippen LogP contribution in [0.15, 0.2) is 47.4 Å². The predicted octanol–water partition coefficient (Wildman–Crippen LogP) is 4.68. The van der Waals surface area contributed by atoms with Crippen molar-refractivity contribution in [1.82, 2.24) is 9.88 Å². The summed E-state index contributed by atoms with van der Waals surface area (Å²) in [5.74, 6) is -0.459. The van der Waals surface area contributed by atoms with E-state index in [1.807, 2.05) is 12.1 Å². The number of nitrogens with one attached hydrogen (secondary N) is 1. The van der Waals surface area contributed by atoms with E-state index in [0.29, 0.717) is 37.1 Å².